The fraction of sp³-hybridized carbons (Fsp3) is 0.250. The van der Waals surface area contributed by atoms with Crippen molar-refractivity contribution in [2.24, 2.45) is 5.73 Å². The second kappa shape index (κ2) is 8.01. The molecule has 130 valence electrons. The molecule has 1 aromatic heterocycles. The number of unbranched alkanes of at least 4 members (excludes halogenated alkanes) is 1. The molecule has 4 N–H and O–H groups in total. The van der Waals surface area contributed by atoms with Crippen molar-refractivity contribution in [3.8, 4) is 11.3 Å². The molecule has 0 aliphatic rings. The summed E-state index contributed by atoms with van der Waals surface area (Å²) in [4.78, 5) is 14.6. The van der Waals surface area contributed by atoms with E-state index in [1.54, 1.807) is 0 Å². The Morgan fingerprint density at radius 1 is 1.16 bits per heavy atom. The molecule has 0 bridgehead atoms. The minimum atomic E-state index is -0.808. The number of aromatic amines is 1. The van der Waals surface area contributed by atoms with E-state index in [0.29, 0.717) is 6.54 Å². The van der Waals surface area contributed by atoms with Crippen LogP contribution in [0.15, 0.2) is 42.5 Å². The Bertz CT molecular complexity index is 902. The zero-order chi connectivity index (χ0) is 17.8. The number of aryl methyl sites for hydroxylation is 1. The number of carbonyl (C=O) groups is 1. The highest BCUT2D eigenvalue weighted by atomic mass is 127. The van der Waals surface area contributed by atoms with Gasteiger partial charge in [-0.25, -0.2) is 0 Å². The number of H-pyrrole nitrogens is 1. The Morgan fingerprint density at radius 3 is 2.68 bits per heavy atom. The van der Waals surface area contributed by atoms with Crippen LogP contribution in [0.25, 0.3) is 22.2 Å². The second-order valence-electron chi connectivity index (χ2n) is 6.15. The molecule has 0 aliphatic heterocycles. The fourth-order valence-electron chi connectivity index (χ4n) is 3.18. The van der Waals surface area contributed by atoms with Gasteiger partial charge in [-0.05, 0) is 77.7 Å². The SMILES string of the molecule is NCCCCc1c(-c2ccccc2I)[nH]c2ccc(CC(=O)O)cc12. The number of rotatable bonds is 7. The van der Waals surface area contributed by atoms with Crippen LogP contribution in [0.1, 0.15) is 24.0 Å². The summed E-state index contributed by atoms with van der Waals surface area (Å²) in [7, 11) is 0. The summed E-state index contributed by atoms with van der Waals surface area (Å²) < 4.78 is 1.19. The number of aliphatic carboxylic acids is 1. The van der Waals surface area contributed by atoms with Crippen molar-refractivity contribution in [1.29, 1.82) is 0 Å². The maximum atomic E-state index is 11.0. The number of fused-ring (bicyclic) bond motifs is 1. The Morgan fingerprint density at radius 2 is 1.96 bits per heavy atom. The molecule has 0 fully saturated rings. The van der Waals surface area contributed by atoms with Crippen LogP contribution in [0.5, 0.6) is 0 Å². The van der Waals surface area contributed by atoms with E-state index in [0.717, 1.165) is 41.4 Å². The highest BCUT2D eigenvalue weighted by molar-refractivity contribution is 14.1. The van der Waals surface area contributed by atoms with E-state index in [-0.39, 0.29) is 6.42 Å². The number of nitrogens with one attached hydrogen (secondary N) is 1. The van der Waals surface area contributed by atoms with Gasteiger partial charge in [0.05, 0.1) is 12.1 Å². The van der Waals surface area contributed by atoms with E-state index in [1.807, 2.05) is 30.3 Å². The van der Waals surface area contributed by atoms with Gasteiger partial charge in [0.2, 0.25) is 0 Å². The number of nitrogens with two attached hydrogens (primary N) is 1. The largest absolute Gasteiger partial charge is 0.481 e. The van der Waals surface area contributed by atoms with Gasteiger partial charge in [-0.2, -0.15) is 0 Å². The molecular weight excluding hydrogens is 427 g/mol. The van der Waals surface area contributed by atoms with Gasteiger partial charge in [-0.1, -0.05) is 24.3 Å². The topological polar surface area (TPSA) is 79.1 Å². The third-order valence-corrected chi connectivity index (χ3v) is 5.29. The molecule has 0 saturated heterocycles. The van der Waals surface area contributed by atoms with Gasteiger partial charge in [0.15, 0.2) is 0 Å². The van der Waals surface area contributed by atoms with Crippen LogP contribution in [-0.4, -0.2) is 22.6 Å². The number of carboxylic acids is 1. The van der Waals surface area contributed by atoms with Crippen molar-refractivity contribution >= 4 is 39.5 Å². The van der Waals surface area contributed by atoms with E-state index in [4.69, 9.17) is 10.8 Å². The third-order valence-electron chi connectivity index (χ3n) is 4.35. The van der Waals surface area contributed by atoms with Crippen LogP contribution < -0.4 is 5.73 Å². The second-order valence-corrected chi connectivity index (χ2v) is 7.32. The summed E-state index contributed by atoms with van der Waals surface area (Å²) in [5.41, 5.74) is 11.1. The summed E-state index contributed by atoms with van der Waals surface area (Å²) in [6.07, 6.45) is 2.96. The first-order chi connectivity index (χ1) is 12.1. The van der Waals surface area contributed by atoms with E-state index < -0.39 is 5.97 Å². The maximum absolute atomic E-state index is 11.0. The predicted octanol–water partition coefficient (Wildman–Crippen LogP) is 4.35. The van der Waals surface area contributed by atoms with Crippen LogP contribution in [0, 0.1) is 3.57 Å². The summed E-state index contributed by atoms with van der Waals surface area (Å²) in [6, 6.07) is 14.2. The molecule has 2 aromatic carbocycles. The smallest absolute Gasteiger partial charge is 0.307 e. The van der Waals surface area contributed by atoms with Crippen molar-refractivity contribution in [3.05, 3.63) is 57.2 Å². The van der Waals surface area contributed by atoms with Crippen molar-refractivity contribution in [3.63, 3.8) is 0 Å². The summed E-state index contributed by atoms with van der Waals surface area (Å²) in [6.45, 7) is 0.685. The van der Waals surface area contributed by atoms with Crippen LogP contribution in [0.3, 0.4) is 0 Å². The maximum Gasteiger partial charge on any atom is 0.307 e. The van der Waals surface area contributed by atoms with Crippen molar-refractivity contribution in [1.82, 2.24) is 4.98 Å². The number of hydrogen-bond donors (Lipinski definition) is 3. The molecule has 5 heteroatoms. The molecule has 0 atom stereocenters. The molecule has 25 heavy (non-hydrogen) atoms. The van der Waals surface area contributed by atoms with Gasteiger partial charge in [-0.15, -0.1) is 0 Å². The third kappa shape index (κ3) is 4.04. The van der Waals surface area contributed by atoms with E-state index in [9.17, 15) is 4.79 Å². The first kappa shape index (κ1) is 17.9. The molecular formula is C20H21IN2O2. The van der Waals surface area contributed by atoms with Gasteiger partial charge in [0, 0.05) is 20.0 Å². The van der Waals surface area contributed by atoms with Crippen LogP contribution in [0.4, 0.5) is 0 Å². The first-order valence-electron chi connectivity index (χ1n) is 8.40. The van der Waals surface area contributed by atoms with Crippen molar-refractivity contribution in [2.75, 3.05) is 6.54 Å². The Hall–Kier alpha value is -1.86. The zero-order valence-corrected chi connectivity index (χ0v) is 16.0. The highest BCUT2D eigenvalue weighted by Gasteiger charge is 2.15. The van der Waals surface area contributed by atoms with Crippen molar-refractivity contribution < 1.29 is 9.90 Å². The van der Waals surface area contributed by atoms with Crippen LogP contribution in [0.2, 0.25) is 0 Å². The quantitative estimate of drug-likeness (QED) is 0.372. The molecule has 0 spiro atoms. The highest BCUT2D eigenvalue weighted by Crippen LogP contribution is 2.34. The monoisotopic (exact) mass is 448 g/mol. The van der Waals surface area contributed by atoms with E-state index in [2.05, 4.69) is 39.7 Å². The fourth-order valence-corrected chi connectivity index (χ4v) is 3.84. The summed E-state index contributed by atoms with van der Waals surface area (Å²) >= 11 is 2.36. The lowest BCUT2D eigenvalue weighted by Crippen LogP contribution is -2.00. The molecule has 4 nitrogen and oxygen atoms in total. The number of aromatic nitrogens is 1. The number of carboxylic acid groups (broad SMARTS) is 1. The number of benzene rings is 2. The Balaban J connectivity index is 2.13. The van der Waals surface area contributed by atoms with E-state index in [1.165, 1.54) is 14.7 Å². The van der Waals surface area contributed by atoms with Crippen LogP contribution >= 0.6 is 22.6 Å². The van der Waals surface area contributed by atoms with Gasteiger partial charge in [-0.3, -0.25) is 4.79 Å². The minimum absolute atomic E-state index is 0.0432. The normalized spacial score (nSPS) is 11.1. The molecule has 0 radical (unpaired) electrons. The standard InChI is InChI=1S/C20H21IN2O2/c21-17-7-2-1-6-15(17)20-14(5-3-4-10-22)16-11-13(12-19(24)25)8-9-18(16)23-20/h1-2,6-9,11,23H,3-5,10,12,22H2,(H,24,25). The average molecular weight is 448 g/mol. The average Bonchev–Trinajstić information content (AvgIpc) is 2.93. The molecule has 3 rings (SSSR count). The first-order valence-corrected chi connectivity index (χ1v) is 9.48. The van der Waals surface area contributed by atoms with Gasteiger partial charge < -0.3 is 15.8 Å². The van der Waals surface area contributed by atoms with Crippen LogP contribution in [-0.2, 0) is 17.6 Å². The van der Waals surface area contributed by atoms with E-state index >= 15 is 0 Å². The predicted molar refractivity (Wildman–Crippen MR) is 110 cm³/mol. The number of hydrogen-bond acceptors (Lipinski definition) is 2. The molecule has 3 aromatic rings. The van der Waals surface area contributed by atoms with Gasteiger partial charge in [0.25, 0.3) is 0 Å². The Labute approximate surface area is 160 Å². The molecule has 0 amide bonds. The lowest BCUT2D eigenvalue weighted by Gasteiger charge is -2.07. The molecule has 0 aliphatic carbocycles. The summed E-state index contributed by atoms with van der Waals surface area (Å²) in [5, 5.41) is 10.2. The van der Waals surface area contributed by atoms with Gasteiger partial charge >= 0.3 is 5.97 Å². The number of halogens is 1. The molecule has 1 heterocycles. The molecule has 0 unspecified atom stereocenters. The lowest BCUT2D eigenvalue weighted by atomic mass is 9.99. The minimum Gasteiger partial charge on any atom is -0.481 e. The lowest BCUT2D eigenvalue weighted by molar-refractivity contribution is -0.136. The Kier molecular flexibility index (Phi) is 5.75. The van der Waals surface area contributed by atoms with Gasteiger partial charge in [0.1, 0.15) is 0 Å². The zero-order valence-electron chi connectivity index (χ0n) is 13.9. The molecule has 0 saturated carbocycles. The van der Waals surface area contributed by atoms with Crippen molar-refractivity contribution in [2.45, 2.75) is 25.7 Å². The summed E-state index contributed by atoms with van der Waals surface area (Å²) in [5.74, 6) is -0.808.